The van der Waals surface area contributed by atoms with Crippen molar-refractivity contribution >= 4 is 29.9 Å². The number of carbonyl (C=O) groups is 1. The Morgan fingerprint density at radius 3 is 2.84 bits per heavy atom. The molecule has 0 aliphatic carbocycles. The van der Waals surface area contributed by atoms with Crippen molar-refractivity contribution in [2.75, 3.05) is 13.1 Å². The summed E-state index contributed by atoms with van der Waals surface area (Å²) >= 11 is 6.08. The SMILES string of the molecule is CCCc1c(C(=O)NC2CCNCC2)nnn1-c1cccc(Cl)c1.Cl. The lowest BCUT2D eigenvalue weighted by atomic mass is 10.1. The van der Waals surface area contributed by atoms with E-state index in [0.717, 1.165) is 50.2 Å². The first-order valence-corrected chi connectivity index (χ1v) is 8.79. The van der Waals surface area contributed by atoms with Gasteiger partial charge in [-0.1, -0.05) is 36.2 Å². The van der Waals surface area contributed by atoms with Gasteiger partial charge in [-0.15, -0.1) is 17.5 Å². The van der Waals surface area contributed by atoms with Gasteiger partial charge in [0, 0.05) is 11.1 Å². The van der Waals surface area contributed by atoms with Crippen LogP contribution in [0.3, 0.4) is 0 Å². The molecule has 3 rings (SSSR count). The third kappa shape index (κ3) is 4.71. The summed E-state index contributed by atoms with van der Waals surface area (Å²) in [4.78, 5) is 12.6. The smallest absolute Gasteiger partial charge is 0.273 e. The van der Waals surface area contributed by atoms with E-state index in [9.17, 15) is 4.79 Å². The number of amides is 1. The molecule has 1 amide bonds. The van der Waals surface area contributed by atoms with Gasteiger partial charge in [-0.3, -0.25) is 4.79 Å². The Morgan fingerprint density at radius 1 is 1.40 bits per heavy atom. The molecule has 0 bridgehead atoms. The second-order valence-electron chi connectivity index (χ2n) is 6.02. The highest BCUT2D eigenvalue weighted by Gasteiger charge is 2.23. The molecule has 2 N–H and O–H groups in total. The maximum atomic E-state index is 12.6. The molecule has 0 unspecified atom stereocenters. The summed E-state index contributed by atoms with van der Waals surface area (Å²) in [6.07, 6.45) is 3.52. The van der Waals surface area contributed by atoms with Crippen LogP contribution in [0.5, 0.6) is 0 Å². The molecule has 2 aromatic rings. The molecule has 8 heteroatoms. The van der Waals surface area contributed by atoms with E-state index in [1.807, 2.05) is 24.3 Å². The first-order valence-electron chi connectivity index (χ1n) is 8.41. The second kappa shape index (κ2) is 9.17. The van der Waals surface area contributed by atoms with Crippen molar-refractivity contribution < 1.29 is 4.79 Å². The van der Waals surface area contributed by atoms with E-state index in [1.54, 1.807) is 4.68 Å². The molecule has 25 heavy (non-hydrogen) atoms. The van der Waals surface area contributed by atoms with Crippen LogP contribution in [0.4, 0.5) is 0 Å². The molecule has 1 aromatic carbocycles. The lowest BCUT2D eigenvalue weighted by Gasteiger charge is -2.23. The van der Waals surface area contributed by atoms with Gasteiger partial charge in [0.1, 0.15) is 0 Å². The van der Waals surface area contributed by atoms with E-state index in [-0.39, 0.29) is 24.4 Å². The summed E-state index contributed by atoms with van der Waals surface area (Å²) in [5.41, 5.74) is 2.06. The number of halogens is 2. The molecule has 1 aliphatic rings. The molecule has 1 fully saturated rings. The van der Waals surface area contributed by atoms with E-state index in [0.29, 0.717) is 10.7 Å². The number of hydrogen-bond donors (Lipinski definition) is 2. The monoisotopic (exact) mass is 383 g/mol. The van der Waals surface area contributed by atoms with E-state index in [4.69, 9.17) is 11.6 Å². The Labute approximate surface area is 158 Å². The van der Waals surface area contributed by atoms with Gasteiger partial charge in [0.05, 0.1) is 11.4 Å². The Morgan fingerprint density at radius 2 is 2.16 bits per heavy atom. The minimum Gasteiger partial charge on any atom is -0.348 e. The van der Waals surface area contributed by atoms with Crippen LogP contribution >= 0.6 is 24.0 Å². The minimum atomic E-state index is -0.140. The zero-order chi connectivity index (χ0) is 16.9. The van der Waals surface area contributed by atoms with Crippen LogP contribution in [0.2, 0.25) is 5.02 Å². The third-order valence-electron chi connectivity index (χ3n) is 4.19. The summed E-state index contributed by atoms with van der Waals surface area (Å²) in [7, 11) is 0. The van der Waals surface area contributed by atoms with Crippen LogP contribution in [0, 0.1) is 0 Å². The minimum absolute atomic E-state index is 0. The largest absolute Gasteiger partial charge is 0.348 e. The number of aromatic nitrogens is 3. The summed E-state index contributed by atoms with van der Waals surface area (Å²) in [5, 5.41) is 15.4. The molecule has 0 spiro atoms. The zero-order valence-electron chi connectivity index (χ0n) is 14.2. The fourth-order valence-corrected chi connectivity index (χ4v) is 3.16. The number of piperidine rings is 1. The maximum Gasteiger partial charge on any atom is 0.273 e. The van der Waals surface area contributed by atoms with Crippen LogP contribution in [-0.2, 0) is 6.42 Å². The highest BCUT2D eigenvalue weighted by molar-refractivity contribution is 6.30. The van der Waals surface area contributed by atoms with Crippen molar-refractivity contribution in [1.82, 2.24) is 25.6 Å². The van der Waals surface area contributed by atoms with Gasteiger partial charge in [-0.05, 0) is 50.6 Å². The normalized spacial score (nSPS) is 14.8. The molecule has 1 saturated heterocycles. The quantitative estimate of drug-likeness (QED) is 0.832. The molecule has 1 aliphatic heterocycles. The van der Waals surface area contributed by atoms with Crippen molar-refractivity contribution in [3.8, 4) is 5.69 Å². The van der Waals surface area contributed by atoms with Gasteiger partial charge < -0.3 is 10.6 Å². The van der Waals surface area contributed by atoms with Crippen molar-refractivity contribution in [1.29, 1.82) is 0 Å². The Bertz CT molecular complexity index is 713. The predicted octanol–water partition coefficient (Wildman–Crippen LogP) is 2.78. The fourth-order valence-electron chi connectivity index (χ4n) is 2.97. The first-order chi connectivity index (χ1) is 11.7. The van der Waals surface area contributed by atoms with Gasteiger partial charge in [-0.25, -0.2) is 4.68 Å². The molecule has 136 valence electrons. The molecule has 0 atom stereocenters. The number of hydrogen-bond acceptors (Lipinski definition) is 4. The average molecular weight is 384 g/mol. The molecular weight excluding hydrogens is 361 g/mol. The lowest BCUT2D eigenvalue weighted by Crippen LogP contribution is -2.43. The molecular formula is C17H23Cl2N5O. The number of carbonyl (C=O) groups excluding carboxylic acids is 1. The molecule has 2 heterocycles. The highest BCUT2D eigenvalue weighted by atomic mass is 35.5. The third-order valence-corrected chi connectivity index (χ3v) is 4.43. The van der Waals surface area contributed by atoms with E-state index < -0.39 is 0 Å². The number of benzene rings is 1. The predicted molar refractivity (Wildman–Crippen MR) is 101 cm³/mol. The fraction of sp³-hybridized carbons (Fsp3) is 0.471. The number of rotatable bonds is 5. The lowest BCUT2D eigenvalue weighted by molar-refractivity contribution is 0.0923. The van der Waals surface area contributed by atoms with Crippen LogP contribution < -0.4 is 10.6 Å². The maximum absolute atomic E-state index is 12.6. The molecule has 1 aromatic heterocycles. The van der Waals surface area contributed by atoms with Crippen LogP contribution in [0.15, 0.2) is 24.3 Å². The van der Waals surface area contributed by atoms with E-state index >= 15 is 0 Å². The Balaban J connectivity index is 0.00000225. The Hall–Kier alpha value is -1.63. The summed E-state index contributed by atoms with van der Waals surface area (Å²) < 4.78 is 1.71. The van der Waals surface area contributed by atoms with Crippen LogP contribution in [0.1, 0.15) is 42.4 Å². The van der Waals surface area contributed by atoms with Gasteiger partial charge in [0.15, 0.2) is 5.69 Å². The van der Waals surface area contributed by atoms with Gasteiger partial charge in [-0.2, -0.15) is 0 Å². The zero-order valence-corrected chi connectivity index (χ0v) is 15.7. The summed E-state index contributed by atoms with van der Waals surface area (Å²) in [6, 6.07) is 7.61. The molecule has 0 radical (unpaired) electrons. The van der Waals surface area contributed by atoms with Gasteiger partial charge >= 0.3 is 0 Å². The summed E-state index contributed by atoms with van der Waals surface area (Å²) in [6.45, 7) is 3.94. The second-order valence-corrected chi connectivity index (χ2v) is 6.46. The van der Waals surface area contributed by atoms with Gasteiger partial charge in [0.2, 0.25) is 0 Å². The summed E-state index contributed by atoms with van der Waals surface area (Å²) in [5.74, 6) is -0.140. The Kier molecular flexibility index (Phi) is 7.23. The number of nitrogens with zero attached hydrogens (tertiary/aromatic N) is 3. The van der Waals surface area contributed by atoms with Crippen molar-refractivity contribution in [3.63, 3.8) is 0 Å². The first kappa shape index (κ1) is 19.7. The highest BCUT2D eigenvalue weighted by Crippen LogP contribution is 2.19. The van der Waals surface area contributed by atoms with E-state index in [2.05, 4.69) is 27.9 Å². The topological polar surface area (TPSA) is 71.8 Å². The molecule has 0 saturated carbocycles. The van der Waals surface area contributed by atoms with Crippen molar-refractivity contribution in [2.45, 2.75) is 38.6 Å². The average Bonchev–Trinajstić information content (AvgIpc) is 3.00. The standard InChI is InChI=1S/C17H22ClN5O.ClH/c1-2-4-15-16(17(24)20-13-7-9-19-10-8-13)21-22-23(15)14-6-3-5-12(18)11-14;/h3,5-6,11,13,19H,2,4,7-10H2,1H3,(H,20,24);1H. The van der Waals surface area contributed by atoms with Gasteiger partial charge in [0.25, 0.3) is 5.91 Å². The van der Waals surface area contributed by atoms with Crippen molar-refractivity contribution in [3.05, 3.63) is 40.7 Å². The van der Waals surface area contributed by atoms with E-state index in [1.165, 1.54) is 0 Å². The van der Waals surface area contributed by atoms with Crippen LogP contribution in [-0.4, -0.2) is 40.0 Å². The van der Waals surface area contributed by atoms with Crippen molar-refractivity contribution in [2.24, 2.45) is 0 Å². The molecule has 6 nitrogen and oxygen atoms in total. The van der Waals surface area contributed by atoms with Crippen LogP contribution in [0.25, 0.3) is 5.69 Å². The number of nitrogens with one attached hydrogen (secondary N) is 2.